The van der Waals surface area contributed by atoms with E-state index in [9.17, 15) is 14.4 Å². The maximum absolute atomic E-state index is 12.1. The Morgan fingerprint density at radius 1 is 0.861 bits per heavy atom. The Hall–Kier alpha value is -2.97. The summed E-state index contributed by atoms with van der Waals surface area (Å²) in [5.41, 5.74) is 0.503. The van der Waals surface area contributed by atoms with E-state index in [0.717, 1.165) is 49.8 Å². The number of carbonyl (C=O) groups is 3. The maximum atomic E-state index is 12.1. The molecule has 1 aliphatic carbocycles. The van der Waals surface area contributed by atoms with Crippen LogP contribution in [0.4, 0.5) is 4.79 Å². The average molecular weight is 506 g/mol. The van der Waals surface area contributed by atoms with Crippen LogP contribution in [0, 0.1) is 0 Å². The Labute approximate surface area is 215 Å². The van der Waals surface area contributed by atoms with Crippen molar-refractivity contribution >= 4 is 17.9 Å². The highest BCUT2D eigenvalue weighted by atomic mass is 16.6. The molecule has 0 unspecified atom stereocenters. The van der Waals surface area contributed by atoms with Gasteiger partial charge in [-0.2, -0.15) is 0 Å². The minimum absolute atomic E-state index is 0.228. The van der Waals surface area contributed by atoms with Crippen molar-refractivity contribution in [2.45, 2.75) is 90.3 Å². The molecule has 1 saturated carbocycles. The summed E-state index contributed by atoms with van der Waals surface area (Å²) < 4.78 is 16.7. The van der Waals surface area contributed by atoms with Crippen LogP contribution in [0.2, 0.25) is 0 Å². The van der Waals surface area contributed by atoms with E-state index in [-0.39, 0.29) is 6.10 Å². The molecule has 9 nitrogen and oxygen atoms in total. The Bertz CT molecular complexity index is 846. The fourth-order valence-electron chi connectivity index (χ4n) is 3.95. The first-order valence-corrected chi connectivity index (χ1v) is 13.0. The van der Waals surface area contributed by atoms with Crippen LogP contribution in [0.5, 0.6) is 11.5 Å². The highest BCUT2D eigenvalue weighted by Crippen LogP contribution is 2.32. The van der Waals surface area contributed by atoms with Gasteiger partial charge in [-0.15, -0.1) is 0 Å². The number of rotatable bonds is 13. The lowest BCUT2D eigenvalue weighted by Gasteiger charge is -2.19. The van der Waals surface area contributed by atoms with Gasteiger partial charge in [-0.25, -0.2) is 4.79 Å². The van der Waals surface area contributed by atoms with E-state index < -0.39 is 23.5 Å². The minimum atomic E-state index is -0.632. The molecule has 1 aromatic carbocycles. The van der Waals surface area contributed by atoms with Crippen molar-refractivity contribution in [3.8, 4) is 11.5 Å². The zero-order valence-electron chi connectivity index (χ0n) is 22.2. The van der Waals surface area contributed by atoms with Gasteiger partial charge in [-0.1, -0.05) is 18.9 Å². The van der Waals surface area contributed by atoms with Gasteiger partial charge in [-0.3, -0.25) is 9.59 Å². The topological polar surface area (TPSA) is 115 Å². The van der Waals surface area contributed by atoms with Crippen LogP contribution in [0.3, 0.4) is 0 Å². The van der Waals surface area contributed by atoms with E-state index in [2.05, 4.69) is 16.0 Å². The molecular weight excluding hydrogens is 462 g/mol. The number of carbonyl (C=O) groups excluding carboxylic acids is 3. The second kappa shape index (κ2) is 15.2. The highest BCUT2D eigenvalue weighted by molar-refractivity contribution is 6.35. The number of ether oxygens (including phenoxy) is 3. The van der Waals surface area contributed by atoms with Crippen LogP contribution in [0.25, 0.3) is 0 Å². The van der Waals surface area contributed by atoms with Crippen molar-refractivity contribution in [3.05, 3.63) is 23.8 Å². The van der Waals surface area contributed by atoms with Gasteiger partial charge in [0.1, 0.15) is 5.60 Å². The minimum Gasteiger partial charge on any atom is -0.493 e. The molecule has 0 heterocycles. The average Bonchev–Trinajstić information content (AvgIpc) is 3.32. The van der Waals surface area contributed by atoms with Crippen LogP contribution in [0.15, 0.2) is 18.2 Å². The highest BCUT2D eigenvalue weighted by Gasteiger charge is 2.19. The quantitative estimate of drug-likeness (QED) is 0.277. The van der Waals surface area contributed by atoms with Crippen molar-refractivity contribution in [2.24, 2.45) is 0 Å². The van der Waals surface area contributed by atoms with Gasteiger partial charge in [0.15, 0.2) is 11.5 Å². The van der Waals surface area contributed by atoms with Gasteiger partial charge in [0.05, 0.1) is 13.2 Å². The molecule has 0 aromatic heterocycles. The molecule has 0 saturated heterocycles. The van der Waals surface area contributed by atoms with E-state index in [4.69, 9.17) is 14.2 Å². The van der Waals surface area contributed by atoms with Crippen LogP contribution in [0.1, 0.15) is 77.7 Å². The Kier molecular flexibility index (Phi) is 12.4. The third-order valence-electron chi connectivity index (χ3n) is 5.79. The van der Waals surface area contributed by atoms with Crippen LogP contribution >= 0.6 is 0 Å². The van der Waals surface area contributed by atoms with Gasteiger partial charge in [0, 0.05) is 19.6 Å². The van der Waals surface area contributed by atoms with Crippen molar-refractivity contribution < 1.29 is 28.6 Å². The first kappa shape index (κ1) is 29.3. The van der Waals surface area contributed by atoms with Crippen molar-refractivity contribution in [1.29, 1.82) is 0 Å². The van der Waals surface area contributed by atoms with Gasteiger partial charge in [-0.05, 0) is 83.4 Å². The lowest BCUT2D eigenvalue weighted by atomic mass is 10.1. The Morgan fingerprint density at radius 3 is 2.08 bits per heavy atom. The summed E-state index contributed by atoms with van der Waals surface area (Å²) >= 11 is 0. The summed E-state index contributed by atoms with van der Waals surface area (Å²) in [6.07, 6.45) is 8.29. The van der Waals surface area contributed by atoms with Crippen LogP contribution in [-0.4, -0.2) is 56.4 Å². The lowest BCUT2D eigenvalue weighted by molar-refractivity contribution is -0.139. The zero-order chi connectivity index (χ0) is 26.4. The van der Waals surface area contributed by atoms with Gasteiger partial charge in [0.2, 0.25) is 0 Å². The molecule has 36 heavy (non-hydrogen) atoms. The fourth-order valence-corrected chi connectivity index (χ4v) is 3.95. The fraction of sp³-hybridized carbons (Fsp3) is 0.667. The molecule has 1 fully saturated rings. The predicted octanol–water partition coefficient (Wildman–Crippen LogP) is 3.88. The molecule has 1 aliphatic rings. The monoisotopic (exact) mass is 505 g/mol. The molecule has 2 rings (SSSR count). The molecule has 0 aliphatic heterocycles. The number of alkyl carbamates (subject to hydrolysis) is 1. The third kappa shape index (κ3) is 11.6. The number of methoxy groups -OCH3 is 1. The van der Waals surface area contributed by atoms with E-state index in [1.165, 1.54) is 12.8 Å². The van der Waals surface area contributed by atoms with Crippen molar-refractivity contribution in [1.82, 2.24) is 16.0 Å². The smallest absolute Gasteiger partial charge is 0.407 e. The number of amides is 3. The predicted molar refractivity (Wildman–Crippen MR) is 138 cm³/mol. The summed E-state index contributed by atoms with van der Waals surface area (Å²) in [6, 6.07) is 5.77. The van der Waals surface area contributed by atoms with Crippen LogP contribution in [-0.2, 0) is 20.7 Å². The molecule has 9 heteroatoms. The van der Waals surface area contributed by atoms with Gasteiger partial charge >= 0.3 is 17.9 Å². The van der Waals surface area contributed by atoms with E-state index >= 15 is 0 Å². The number of nitrogens with one attached hydrogen (secondary N) is 3. The molecule has 0 spiro atoms. The second-order valence-electron chi connectivity index (χ2n) is 10.1. The first-order chi connectivity index (χ1) is 17.2. The summed E-state index contributed by atoms with van der Waals surface area (Å²) in [6.45, 7) is 6.81. The molecule has 0 atom stereocenters. The summed E-state index contributed by atoms with van der Waals surface area (Å²) in [4.78, 5) is 35.7. The number of benzene rings is 1. The molecule has 202 valence electrons. The molecular formula is C27H43N3O6. The van der Waals surface area contributed by atoms with Gasteiger partial charge < -0.3 is 30.2 Å². The van der Waals surface area contributed by atoms with Gasteiger partial charge in [0.25, 0.3) is 0 Å². The SMILES string of the molecule is COc1ccc(CCNC(=O)C(=O)NCCCCCCNC(=O)OC(C)(C)C)cc1OC1CCCC1. The number of unbranched alkanes of at least 4 members (excludes halogenated alkanes) is 3. The number of hydrogen-bond donors (Lipinski definition) is 3. The third-order valence-corrected chi connectivity index (χ3v) is 5.79. The van der Waals surface area contributed by atoms with E-state index in [1.807, 2.05) is 39.0 Å². The normalized spacial score (nSPS) is 13.7. The summed E-state index contributed by atoms with van der Waals surface area (Å²) in [5, 5.41) is 8.05. The lowest BCUT2D eigenvalue weighted by Crippen LogP contribution is -2.41. The molecule has 0 radical (unpaired) electrons. The Morgan fingerprint density at radius 2 is 1.47 bits per heavy atom. The summed E-state index contributed by atoms with van der Waals surface area (Å²) in [5.74, 6) is 0.175. The van der Waals surface area contributed by atoms with Crippen LogP contribution < -0.4 is 25.4 Å². The molecule has 1 aromatic rings. The Balaban J connectivity index is 1.56. The molecule has 3 amide bonds. The molecule has 0 bridgehead atoms. The largest absolute Gasteiger partial charge is 0.493 e. The standard InChI is InChI=1S/C27H43N3O6/c1-27(2,3)36-26(33)30-17-10-6-5-9-16-28-24(31)25(32)29-18-15-20-13-14-22(34-4)23(19-20)35-21-11-7-8-12-21/h13-14,19,21H,5-12,15-18H2,1-4H3,(H,28,31)(H,29,32)(H,30,33). The zero-order valence-corrected chi connectivity index (χ0v) is 22.2. The number of hydrogen-bond acceptors (Lipinski definition) is 6. The van der Waals surface area contributed by atoms with E-state index in [1.54, 1.807) is 7.11 Å². The second-order valence-corrected chi connectivity index (χ2v) is 10.1. The van der Waals surface area contributed by atoms with Crippen molar-refractivity contribution in [2.75, 3.05) is 26.7 Å². The van der Waals surface area contributed by atoms with E-state index in [0.29, 0.717) is 31.8 Å². The summed E-state index contributed by atoms with van der Waals surface area (Å²) in [7, 11) is 1.62. The maximum Gasteiger partial charge on any atom is 0.407 e. The molecule has 3 N–H and O–H groups in total. The first-order valence-electron chi connectivity index (χ1n) is 13.0. The van der Waals surface area contributed by atoms with Crippen molar-refractivity contribution in [3.63, 3.8) is 0 Å².